The molecule has 1 aliphatic heterocycles. The highest BCUT2D eigenvalue weighted by atomic mass is 17.3. The van der Waals surface area contributed by atoms with E-state index in [-0.39, 0.29) is 5.75 Å². The Kier molecular flexibility index (Phi) is 5.62. The highest BCUT2D eigenvalue weighted by Gasteiger charge is 2.63. The molecule has 2 aromatic rings. The van der Waals surface area contributed by atoms with E-state index in [9.17, 15) is 9.59 Å². The van der Waals surface area contributed by atoms with Crippen LogP contribution >= 0.6 is 0 Å². The average Bonchev–Trinajstić information content (AvgIpc) is 3.37. The van der Waals surface area contributed by atoms with Crippen LogP contribution in [-0.4, -0.2) is 23.8 Å². The molecule has 0 amide bonds. The zero-order valence-electron chi connectivity index (χ0n) is 19.2. The summed E-state index contributed by atoms with van der Waals surface area (Å²) in [6.45, 7) is 0. The molecule has 2 spiro atoms. The highest BCUT2D eigenvalue weighted by molar-refractivity contribution is 5.78. The Bertz CT molecular complexity index is 1110. The molecular weight excluding hydrogens is 440 g/mol. The lowest BCUT2D eigenvalue weighted by Gasteiger charge is -2.38. The predicted molar refractivity (Wildman–Crippen MR) is 120 cm³/mol. The van der Waals surface area contributed by atoms with Gasteiger partial charge in [-0.25, -0.2) is 9.59 Å². The first-order chi connectivity index (χ1) is 16.5. The van der Waals surface area contributed by atoms with Crippen molar-refractivity contribution in [2.24, 2.45) is 11.8 Å². The number of hydrogen-bond donors (Lipinski definition) is 0. The van der Waals surface area contributed by atoms with E-state index in [1.165, 1.54) is 31.4 Å². The van der Waals surface area contributed by atoms with Crippen molar-refractivity contribution in [1.29, 1.82) is 0 Å². The van der Waals surface area contributed by atoms with Crippen molar-refractivity contribution in [3.63, 3.8) is 0 Å². The second-order valence-electron chi connectivity index (χ2n) is 10.2. The van der Waals surface area contributed by atoms with E-state index in [4.69, 9.17) is 28.4 Å². The van der Waals surface area contributed by atoms with Crippen LogP contribution in [0.15, 0.2) is 39.5 Å². The average molecular weight is 471 g/mol. The van der Waals surface area contributed by atoms with Gasteiger partial charge in [0.15, 0.2) is 0 Å². The number of rotatable bonds is 2. The molecule has 4 unspecified atom stereocenters. The van der Waals surface area contributed by atoms with Gasteiger partial charge in [-0.1, -0.05) is 19.3 Å². The molecule has 0 radical (unpaired) electrons. The lowest BCUT2D eigenvalue weighted by atomic mass is 9.84. The molecule has 3 saturated carbocycles. The fourth-order valence-corrected chi connectivity index (χ4v) is 6.34. The predicted octanol–water partition coefficient (Wildman–Crippen LogP) is 5.61. The van der Waals surface area contributed by atoms with Gasteiger partial charge in [0.1, 0.15) is 17.4 Å². The maximum absolute atomic E-state index is 12.5. The Morgan fingerprint density at radius 3 is 2.53 bits per heavy atom. The van der Waals surface area contributed by atoms with E-state index in [0.717, 1.165) is 37.5 Å². The van der Waals surface area contributed by atoms with Gasteiger partial charge >= 0.3 is 11.8 Å². The van der Waals surface area contributed by atoms with Crippen LogP contribution in [0.2, 0.25) is 0 Å². The number of ether oxygens (including phenoxy) is 3. The maximum Gasteiger partial charge on any atom is 0.514 e. The normalized spacial score (nSPS) is 35.4. The van der Waals surface area contributed by atoms with Crippen LogP contribution in [0.25, 0.3) is 11.0 Å². The summed E-state index contributed by atoms with van der Waals surface area (Å²) in [5, 5.41) is 0.738. The summed E-state index contributed by atoms with van der Waals surface area (Å²) < 4.78 is 22.9. The minimum atomic E-state index is -0.879. The SMILES string of the molecule is O=C(Oc1ccc2ccc(=O)oc2c1)OC1CCCC2(C1)OOC1(O2)C2CCCCCC1CC2. The molecule has 1 saturated heterocycles. The van der Waals surface area contributed by atoms with Gasteiger partial charge in [0, 0.05) is 42.2 Å². The topological polar surface area (TPSA) is 93.4 Å². The summed E-state index contributed by atoms with van der Waals surface area (Å²) in [6.07, 6.45) is 9.54. The minimum Gasteiger partial charge on any atom is -0.430 e. The van der Waals surface area contributed by atoms with Gasteiger partial charge in [-0.05, 0) is 56.7 Å². The van der Waals surface area contributed by atoms with Crippen LogP contribution in [0.4, 0.5) is 4.79 Å². The van der Waals surface area contributed by atoms with E-state index < -0.39 is 29.5 Å². The van der Waals surface area contributed by atoms with Crippen molar-refractivity contribution in [2.45, 2.75) is 88.3 Å². The molecule has 8 nitrogen and oxygen atoms in total. The molecule has 4 aliphatic rings. The second-order valence-corrected chi connectivity index (χ2v) is 10.2. The van der Waals surface area contributed by atoms with Gasteiger partial charge in [-0.3, -0.25) is 0 Å². The maximum atomic E-state index is 12.5. The molecule has 0 N–H and O–H groups in total. The first kappa shape index (κ1) is 22.1. The van der Waals surface area contributed by atoms with E-state index in [2.05, 4.69) is 0 Å². The quantitative estimate of drug-likeness (QED) is 0.242. The van der Waals surface area contributed by atoms with Crippen molar-refractivity contribution < 1.29 is 33.2 Å². The molecule has 1 aromatic heterocycles. The molecule has 3 aliphatic carbocycles. The zero-order chi connectivity index (χ0) is 23.2. The monoisotopic (exact) mass is 470 g/mol. The lowest BCUT2D eigenvalue weighted by molar-refractivity contribution is -0.369. The first-order valence-electron chi connectivity index (χ1n) is 12.5. The fourth-order valence-electron chi connectivity index (χ4n) is 6.34. The van der Waals surface area contributed by atoms with Crippen LogP contribution < -0.4 is 10.4 Å². The second kappa shape index (κ2) is 8.66. The fraction of sp³-hybridized carbons (Fsp3) is 0.615. The standard InChI is InChI=1S/C26H30O8/c27-23-13-9-17-8-12-20(15-22(17)31-23)29-24(28)30-21-7-4-14-25(16-21)32-26(34-33-25)18-5-2-1-3-6-19(26)11-10-18/h8-9,12-13,15,18-19,21H,1-7,10-11,14,16H2. The van der Waals surface area contributed by atoms with Crippen molar-refractivity contribution in [1.82, 2.24) is 0 Å². The van der Waals surface area contributed by atoms with Gasteiger partial charge in [-0.15, -0.1) is 0 Å². The number of benzene rings is 1. The Labute approximate surface area is 197 Å². The molecule has 34 heavy (non-hydrogen) atoms. The number of carbonyl (C=O) groups excluding carboxylic acids is 1. The Balaban J connectivity index is 1.12. The van der Waals surface area contributed by atoms with E-state index >= 15 is 0 Å². The third-order valence-electron chi connectivity index (χ3n) is 7.96. The third-order valence-corrected chi connectivity index (χ3v) is 7.96. The van der Waals surface area contributed by atoms with E-state index in [0.29, 0.717) is 36.7 Å². The summed E-state index contributed by atoms with van der Waals surface area (Å²) in [5.74, 6) is -0.570. The summed E-state index contributed by atoms with van der Waals surface area (Å²) in [5.41, 5.74) is -0.118. The van der Waals surface area contributed by atoms with E-state index in [1.54, 1.807) is 18.2 Å². The van der Waals surface area contributed by atoms with Crippen LogP contribution in [0.5, 0.6) is 5.75 Å². The molecule has 6 rings (SSSR count). The van der Waals surface area contributed by atoms with Crippen LogP contribution in [0.3, 0.4) is 0 Å². The van der Waals surface area contributed by atoms with Gasteiger partial charge in [0.05, 0.1) is 0 Å². The van der Waals surface area contributed by atoms with Crippen LogP contribution in [0, 0.1) is 11.8 Å². The summed E-state index contributed by atoms with van der Waals surface area (Å²) in [4.78, 5) is 36.0. The molecule has 8 heteroatoms. The molecule has 4 atom stereocenters. The first-order valence-corrected chi connectivity index (χ1v) is 12.5. The van der Waals surface area contributed by atoms with Crippen LogP contribution in [-0.2, 0) is 19.2 Å². The molecule has 182 valence electrons. The highest BCUT2D eigenvalue weighted by Crippen LogP contribution is 2.57. The summed E-state index contributed by atoms with van der Waals surface area (Å²) in [6, 6.07) is 7.86. The number of fused-ring (bicyclic) bond motifs is 1. The lowest BCUT2D eigenvalue weighted by Crippen LogP contribution is -2.47. The van der Waals surface area contributed by atoms with Crippen LogP contribution in [0.1, 0.15) is 70.6 Å². The van der Waals surface area contributed by atoms with Crippen molar-refractivity contribution in [2.75, 3.05) is 0 Å². The summed E-state index contributed by atoms with van der Waals surface area (Å²) in [7, 11) is 0. The molecule has 1 aromatic carbocycles. The smallest absolute Gasteiger partial charge is 0.430 e. The van der Waals surface area contributed by atoms with Crippen molar-refractivity contribution >= 4 is 17.1 Å². The van der Waals surface area contributed by atoms with Gasteiger partial charge in [0.2, 0.25) is 11.6 Å². The van der Waals surface area contributed by atoms with Crippen molar-refractivity contribution in [3.8, 4) is 5.75 Å². The van der Waals surface area contributed by atoms with Crippen molar-refractivity contribution in [3.05, 3.63) is 40.8 Å². The largest absolute Gasteiger partial charge is 0.514 e. The molecular formula is C26H30O8. The number of hydrogen-bond acceptors (Lipinski definition) is 8. The third kappa shape index (κ3) is 4.01. The van der Waals surface area contributed by atoms with Gasteiger partial charge in [0.25, 0.3) is 0 Å². The minimum absolute atomic E-state index is 0.249. The summed E-state index contributed by atoms with van der Waals surface area (Å²) >= 11 is 0. The Morgan fingerprint density at radius 1 is 0.912 bits per heavy atom. The van der Waals surface area contributed by atoms with E-state index in [1.807, 2.05) is 0 Å². The molecule has 2 heterocycles. The van der Waals surface area contributed by atoms with Gasteiger partial charge in [-0.2, -0.15) is 9.78 Å². The Hall–Kier alpha value is -2.42. The number of carbonyl (C=O) groups is 1. The molecule has 2 bridgehead atoms. The molecule has 4 fully saturated rings. The zero-order valence-corrected chi connectivity index (χ0v) is 19.2. The van der Waals surface area contributed by atoms with Gasteiger partial charge < -0.3 is 18.6 Å². The Morgan fingerprint density at radius 2 is 1.71 bits per heavy atom.